The minimum Gasteiger partial charge on any atom is -0.382 e. The zero-order valence-electron chi connectivity index (χ0n) is 12.9. The van der Waals surface area contributed by atoms with Crippen molar-refractivity contribution < 1.29 is 19.1 Å². The molecule has 0 aromatic carbocycles. The molecule has 2 amide bonds. The summed E-state index contributed by atoms with van der Waals surface area (Å²) < 4.78 is 10.3. The number of methoxy groups -OCH3 is 1. The maximum absolute atomic E-state index is 12.5. The Morgan fingerprint density at radius 1 is 1.14 bits per heavy atom. The van der Waals surface area contributed by atoms with Crippen LogP contribution in [0, 0.1) is 0 Å². The second-order valence-corrected chi connectivity index (χ2v) is 5.63. The molecular weight excluding hydrogens is 272 g/mol. The van der Waals surface area contributed by atoms with Crippen LogP contribution in [0.25, 0.3) is 0 Å². The van der Waals surface area contributed by atoms with Gasteiger partial charge in [0.25, 0.3) is 0 Å². The SMILES string of the molecule is COCCOCCCCN1CCC(=O)N2CCCC2C1=O. The standard InChI is InChI=1S/C15H26N2O4/c1-20-11-12-21-10-3-2-7-16-9-6-14(18)17-8-4-5-13(17)15(16)19/h13H,2-12H2,1H3. The predicted octanol–water partition coefficient (Wildman–Crippen LogP) is 0.653. The Morgan fingerprint density at radius 3 is 2.81 bits per heavy atom. The Hall–Kier alpha value is -1.14. The highest BCUT2D eigenvalue weighted by Gasteiger charge is 2.38. The van der Waals surface area contributed by atoms with E-state index in [4.69, 9.17) is 9.47 Å². The van der Waals surface area contributed by atoms with Gasteiger partial charge in [-0.3, -0.25) is 9.59 Å². The predicted molar refractivity (Wildman–Crippen MR) is 77.9 cm³/mol. The molecule has 0 N–H and O–H groups in total. The topological polar surface area (TPSA) is 59.1 Å². The first-order valence-electron chi connectivity index (χ1n) is 7.89. The Labute approximate surface area is 126 Å². The average Bonchev–Trinajstić information content (AvgIpc) is 2.94. The molecule has 0 aliphatic carbocycles. The van der Waals surface area contributed by atoms with Crippen LogP contribution in [-0.2, 0) is 19.1 Å². The van der Waals surface area contributed by atoms with Crippen molar-refractivity contribution in [2.75, 3.05) is 46.6 Å². The minimum absolute atomic E-state index is 0.135. The lowest BCUT2D eigenvalue weighted by Crippen LogP contribution is -2.43. The van der Waals surface area contributed by atoms with Gasteiger partial charge in [0, 0.05) is 39.8 Å². The van der Waals surface area contributed by atoms with E-state index in [1.165, 1.54) is 0 Å². The van der Waals surface area contributed by atoms with Gasteiger partial charge in [-0.25, -0.2) is 0 Å². The summed E-state index contributed by atoms with van der Waals surface area (Å²) in [6, 6.07) is -0.196. The Kier molecular flexibility index (Phi) is 6.45. The van der Waals surface area contributed by atoms with Gasteiger partial charge in [-0.1, -0.05) is 0 Å². The molecule has 2 saturated heterocycles. The maximum atomic E-state index is 12.5. The van der Waals surface area contributed by atoms with Crippen molar-refractivity contribution in [3.8, 4) is 0 Å². The number of ether oxygens (including phenoxy) is 2. The zero-order chi connectivity index (χ0) is 15.1. The smallest absolute Gasteiger partial charge is 0.245 e. The molecule has 0 bridgehead atoms. The molecule has 6 heteroatoms. The fraction of sp³-hybridized carbons (Fsp3) is 0.867. The maximum Gasteiger partial charge on any atom is 0.245 e. The van der Waals surface area contributed by atoms with Gasteiger partial charge in [0.05, 0.1) is 13.2 Å². The number of hydrogen-bond donors (Lipinski definition) is 0. The van der Waals surface area contributed by atoms with Gasteiger partial charge in [0.2, 0.25) is 11.8 Å². The van der Waals surface area contributed by atoms with Crippen LogP contribution in [0.5, 0.6) is 0 Å². The highest BCUT2D eigenvalue weighted by Crippen LogP contribution is 2.23. The highest BCUT2D eigenvalue weighted by molar-refractivity contribution is 5.90. The van der Waals surface area contributed by atoms with Crippen molar-refractivity contribution in [3.63, 3.8) is 0 Å². The van der Waals surface area contributed by atoms with Crippen molar-refractivity contribution in [2.45, 2.75) is 38.1 Å². The van der Waals surface area contributed by atoms with E-state index >= 15 is 0 Å². The molecule has 0 spiro atoms. The van der Waals surface area contributed by atoms with Crippen molar-refractivity contribution in [2.24, 2.45) is 0 Å². The molecule has 2 aliphatic heterocycles. The Bertz CT molecular complexity index is 362. The van der Waals surface area contributed by atoms with Crippen LogP contribution in [0.3, 0.4) is 0 Å². The lowest BCUT2D eigenvalue weighted by Gasteiger charge is -2.25. The normalized spacial score (nSPS) is 22.6. The third-order valence-corrected chi connectivity index (χ3v) is 4.16. The van der Waals surface area contributed by atoms with E-state index in [0.29, 0.717) is 32.8 Å². The van der Waals surface area contributed by atoms with E-state index in [9.17, 15) is 9.59 Å². The number of carbonyl (C=O) groups excluding carboxylic acids is 2. The van der Waals surface area contributed by atoms with Crippen LogP contribution < -0.4 is 0 Å². The van der Waals surface area contributed by atoms with E-state index in [0.717, 1.165) is 38.8 Å². The van der Waals surface area contributed by atoms with E-state index in [1.807, 2.05) is 4.90 Å². The van der Waals surface area contributed by atoms with Crippen molar-refractivity contribution in [1.29, 1.82) is 0 Å². The van der Waals surface area contributed by atoms with Crippen molar-refractivity contribution >= 4 is 11.8 Å². The fourth-order valence-corrected chi connectivity index (χ4v) is 2.99. The fourth-order valence-electron chi connectivity index (χ4n) is 2.99. The summed E-state index contributed by atoms with van der Waals surface area (Å²) in [5.74, 6) is 0.273. The van der Waals surface area contributed by atoms with Crippen LogP contribution in [-0.4, -0.2) is 74.2 Å². The first kappa shape index (κ1) is 16.2. The number of nitrogens with zero attached hydrogens (tertiary/aromatic N) is 2. The molecule has 1 atom stereocenters. The Morgan fingerprint density at radius 2 is 2.00 bits per heavy atom. The minimum atomic E-state index is -0.196. The molecule has 6 nitrogen and oxygen atoms in total. The number of rotatable bonds is 8. The summed E-state index contributed by atoms with van der Waals surface area (Å²) in [4.78, 5) is 28.1. The summed E-state index contributed by atoms with van der Waals surface area (Å²) in [5.41, 5.74) is 0. The molecule has 0 radical (unpaired) electrons. The van der Waals surface area contributed by atoms with Crippen LogP contribution in [0.2, 0.25) is 0 Å². The molecule has 2 aliphatic rings. The lowest BCUT2D eigenvalue weighted by molar-refractivity contribution is -0.139. The van der Waals surface area contributed by atoms with Gasteiger partial charge in [0.15, 0.2) is 0 Å². The van der Waals surface area contributed by atoms with E-state index < -0.39 is 0 Å². The number of amides is 2. The van der Waals surface area contributed by atoms with Gasteiger partial charge in [-0.15, -0.1) is 0 Å². The number of carbonyl (C=O) groups is 2. The van der Waals surface area contributed by atoms with Gasteiger partial charge in [0.1, 0.15) is 6.04 Å². The first-order valence-corrected chi connectivity index (χ1v) is 7.89. The molecule has 21 heavy (non-hydrogen) atoms. The summed E-state index contributed by atoms with van der Waals surface area (Å²) in [6.07, 6.45) is 4.08. The zero-order valence-corrected chi connectivity index (χ0v) is 12.9. The molecule has 120 valence electrons. The van der Waals surface area contributed by atoms with Gasteiger partial charge < -0.3 is 19.3 Å². The summed E-state index contributed by atoms with van der Waals surface area (Å²) in [7, 11) is 1.65. The third-order valence-electron chi connectivity index (χ3n) is 4.16. The molecular formula is C15H26N2O4. The first-order chi connectivity index (χ1) is 10.2. The van der Waals surface area contributed by atoms with Crippen LogP contribution >= 0.6 is 0 Å². The van der Waals surface area contributed by atoms with Gasteiger partial charge >= 0.3 is 0 Å². The van der Waals surface area contributed by atoms with E-state index in [2.05, 4.69) is 0 Å². The Balaban J connectivity index is 1.70. The second kappa shape index (κ2) is 8.34. The molecule has 0 saturated carbocycles. The molecule has 2 fully saturated rings. The summed E-state index contributed by atoms with van der Waals surface area (Å²) >= 11 is 0. The monoisotopic (exact) mass is 298 g/mol. The quantitative estimate of drug-likeness (QED) is 0.618. The molecule has 1 unspecified atom stereocenters. The van der Waals surface area contributed by atoms with Crippen LogP contribution in [0.4, 0.5) is 0 Å². The average molecular weight is 298 g/mol. The molecule has 0 aromatic rings. The van der Waals surface area contributed by atoms with Crippen molar-refractivity contribution in [3.05, 3.63) is 0 Å². The van der Waals surface area contributed by atoms with Crippen LogP contribution in [0.1, 0.15) is 32.1 Å². The number of unbranched alkanes of at least 4 members (excludes halogenated alkanes) is 1. The lowest BCUT2D eigenvalue weighted by atomic mass is 10.2. The van der Waals surface area contributed by atoms with E-state index in [-0.39, 0.29) is 17.9 Å². The molecule has 2 heterocycles. The number of fused-ring (bicyclic) bond motifs is 1. The molecule has 2 rings (SSSR count). The van der Waals surface area contributed by atoms with Crippen LogP contribution in [0.15, 0.2) is 0 Å². The van der Waals surface area contributed by atoms with E-state index in [1.54, 1.807) is 12.0 Å². The second-order valence-electron chi connectivity index (χ2n) is 5.63. The largest absolute Gasteiger partial charge is 0.382 e. The van der Waals surface area contributed by atoms with Crippen molar-refractivity contribution in [1.82, 2.24) is 9.80 Å². The number of hydrogen-bond acceptors (Lipinski definition) is 4. The molecule has 0 aromatic heterocycles. The van der Waals surface area contributed by atoms with Gasteiger partial charge in [-0.05, 0) is 25.7 Å². The summed E-state index contributed by atoms with van der Waals surface area (Å²) in [5, 5.41) is 0. The van der Waals surface area contributed by atoms with Gasteiger partial charge in [-0.2, -0.15) is 0 Å². The highest BCUT2D eigenvalue weighted by atomic mass is 16.5. The third kappa shape index (κ3) is 4.41. The summed E-state index contributed by atoms with van der Waals surface area (Å²) in [6.45, 7) is 3.96.